The first-order valence-corrected chi connectivity index (χ1v) is 14.2. The van der Waals surface area contributed by atoms with Gasteiger partial charge in [-0.25, -0.2) is 8.42 Å². The molecule has 0 aliphatic heterocycles. The fraction of sp³-hybridized carbons (Fsp3) is 0.174. The lowest BCUT2D eigenvalue weighted by Gasteiger charge is -2.13. The van der Waals surface area contributed by atoms with Crippen LogP contribution >= 0.6 is 58.2 Å². The summed E-state index contributed by atoms with van der Waals surface area (Å²) in [5, 5.41) is 6.83. The van der Waals surface area contributed by atoms with E-state index in [1.165, 1.54) is 24.3 Å². The van der Waals surface area contributed by atoms with E-state index in [2.05, 4.69) is 10.6 Å². The van der Waals surface area contributed by atoms with Gasteiger partial charge in [0.25, 0.3) is 0 Å². The van der Waals surface area contributed by atoms with E-state index in [4.69, 9.17) is 46.4 Å². The van der Waals surface area contributed by atoms with Gasteiger partial charge in [0.15, 0.2) is 0 Å². The Morgan fingerprint density at radius 3 is 2.35 bits per heavy atom. The van der Waals surface area contributed by atoms with E-state index in [1.54, 1.807) is 42.1 Å². The number of amides is 1. The normalized spacial score (nSPS) is 11.3. The zero-order valence-corrected chi connectivity index (χ0v) is 22.3. The van der Waals surface area contributed by atoms with Crippen molar-refractivity contribution >= 4 is 79.6 Å². The fourth-order valence-corrected chi connectivity index (χ4v) is 6.45. The van der Waals surface area contributed by atoms with E-state index in [9.17, 15) is 13.2 Å². The Hall–Kier alpha value is -1.61. The number of sulfone groups is 1. The van der Waals surface area contributed by atoms with Gasteiger partial charge in [-0.05, 0) is 42.0 Å². The van der Waals surface area contributed by atoms with E-state index in [1.807, 2.05) is 6.07 Å². The lowest BCUT2D eigenvalue weighted by molar-refractivity contribution is -0.119. The first-order chi connectivity index (χ1) is 16.2. The highest BCUT2D eigenvalue weighted by Gasteiger charge is 2.23. The van der Waals surface area contributed by atoms with Crippen molar-refractivity contribution in [3.63, 3.8) is 0 Å². The lowest BCUT2D eigenvalue weighted by atomic mass is 10.2. The van der Waals surface area contributed by atoms with Crippen molar-refractivity contribution in [2.24, 2.45) is 0 Å². The highest BCUT2D eigenvalue weighted by molar-refractivity contribution is 7.98. The summed E-state index contributed by atoms with van der Waals surface area (Å²) in [5.74, 6) is 1.16. The van der Waals surface area contributed by atoms with Gasteiger partial charge in [0, 0.05) is 28.1 Å². The molecule has 0 aliphatic rings. The van der Waals surface area contributed by atoms with Gasteiger partial charge in [-0.1, -0.05) is 70.7 Å². The molecule has 0 unspecified atom stereocenters. The average Bonchev–Trinajstić information content (AvgIpc) is 2.81. The van der Waals surface area contributed by atoms with Crippen LogP contribution in [0.1, 0.15) is 5.56 Å². The summed E-state index contributed by atoms with van der Waals surface area (Å²) in [4.78, 5) is 12.2. The number of thioether (sulfide) groups is 1. The molecule has 0 saturated heterocycles. The highest BCUT2D eigenvalue weighted by Crippen LogP contribution is 2.37. The maximum absolute atomic E-state index is 12.8. The first-order valence-electron chi connectivity index (χ1n) is 10.0. The molecule has 0 spiro atoms. The number of halogens is 4. The van der Waals surface area contributed by atoms with Gasteiger partial charge in [0.2, 0.25) is 15.7 Å². The van der Waals surface area contributed by atoms with Gasteiger partial charge >= 0.3 is 0 Å². The Morgan fingerprint density at radius 1 is 0.912 bits per heavy atom. The average molecular weight is 578 g/mol. The van der Waals surface area contributed by atoms with E-state index in [0.717, 1.165) is 5.56 Å². The van der Waals surface area contributed by atoms with Gasteiger partial charge in [0.1, 0.15) is 0 Å². The summed E-state index contributed by atoms with van der Waals surface area (Å²) < 4.78 is 25.7. The van der Waals surface area contributed by atoms with Crippen molar-refractivity contribution in [2.75, 3.05) is 24.2 Å². The predicted molar refractivity (Wildman–Crippen MR) is 142 cm³/mol. The Labute approximate surface area is 223 Å². The molecule has 0 fully saturated rings. The van der Waals surface area contributed by atoms with E-state index in [-0.39, 0.29) is 32.3 Å². The van der Waals surface area contributed by atoms with Crippen LogP contribution < -0.4 is 10.6 Å². The maximum atomic E-state index is 12.8. The molecule has 11 heteroatoms. The van der Waals surface area contributed by atoms with Crippen molar-refractivity contribution in [2.45, 2.75) is 15.5 Å². The smallest absolute Gasteiger partial charge is 0.239 e. The topological polar surface area (TPSA) is 75.3 Å². The number of benzene rings is 3. The maximum Gasteiger partial charge on any atom is 0.239 e. The van der Waals surface area contributed by atoms with Crippen molar-refractivity contribution in [3.05, 3.63) is 86.3 Å². The van der Waals surface area contributed by atoms with Crippen LogP contribution in [0.2, 0.25) is 20.1 Å². The van der Waals surface area contributed by atoms with Gasteiger partial charge in [-0.2, -0.15) is 11.8 Å². The molecule has 0 atom stereocenters. The van der Waals surface area contributed by atoms with Crippen LogP contribution in [0.5, 0.6) is 0 Å². The van der Waals surface area contributed by atoms with Crippen LogP contribution in [0.15, 0.2) is 70.5 Å². The molecule has 3 aromatic rings. The van der Waals surface area contributed by atoms with E-state index < -0.39 is 9.84 Å². The minimum Gasteiger partial charge on any atom is -0.375 e. The van der Waals surface area contributed by atoms with E-state index in [0.29, 0.717) is 33.8 Å². The second-order valence-electron chi connectivity index (χ2n) is 7.05. The van der Waals surface area contributed by atoms with Crippen molar-refractivity contribution in [3.8, 4) is 0 Å². The Bertz CT molecular complexity index is 1270. The van der Waals surface area contributed by atoms with Crippen molar-refractivity contribution in [1.82, 2.24) is 5.32 Å². The molecule has 3 rings (SSSR count). The number of carbonyl (C=O) groups excluding carboxylic acids is 1. The van der Waals surface area contributed by atoms with Gasteiger partial charge < -0.3 is 10.6 Å². The Morgan fingerprint density at radius 2 is 1.65 bits per heavy atom. The largest absolute Gasteiger partial charge is 0.375 e. The SMILES string of the molecule is O=C(CNc1ccc(S(=O)(=O)c2ccccc2)c(Cl)c1Cl)NCCSCc1ccc(Cl)cc1Cl. The van der Waals surface area contributed by atoms with Gasteiger partial charge in [0.05, 0.1) is 32.1 Å². The number of rotatable bonds is 10. The monoisotopic (exact) mass is 576 g/mol. The van der Waals surface area contributed by atoms with Crippen LogP contribution in [0.4, 0.5) is 5.69 Å². The molecule has 0 heterocycles. The number of carbonyl (C=O) groups is 1. The molecule has 0 aliphatic carbocycles. The number of nitrogens with one attached hydrogen (secondary N) is 2. The number of hydrogen-bond acceptors (Lipinski definition) is 5. The molecule has 0 saturated carbocycles. The molecule has 3 aromatic carbocycles. The minimum atomic E-state index is -3.82. The summed E-state index contributed by atoms with van der Waals surface area (Å²) in [6.45, 7) is 0.424. The molecule has 0 bridgehead atoms. The molecular formula is C23H20Cl4N2O3S2. The van der Waals surface area contributed by atoms with Gasteiger partial charge in [-0.3, -0.25) is 4.79 Å². The molecule has 34 heavy (non-hydrogen) atoms. The van der Waals surface area contributed by atoms with Crippen molar-refractivity contribution < 1.29 is 13.2 Å². The number of hydrogen-bond donors (Lipinski definition) is 2. The predicted octanol–water partition coefficient (Wildman–Crippen LogP) is 6.59. The first kappa shape index (κ1) is 27.0. The third-order valence-electron chi connectivity index (χ3n) is 4.67. The fourth-order valence-electron chi connectivity index (χ4n) is 2.92. The van der Waals surface area contributed by atoms with Crippen LogP contribution in [-0.2, 0) is 20.4 Å². The third kappa shape index (κ3) is 6.97. The zero-order valence-electron chi connectivity index (χ0n) is 17.7. The van der Waals surface area contributed by atoms with Gasteiger partial charge in [-0.15, -0.1) is 0 Å². The summed E-state index contributed by atoms with van der Waals surface area (Å²) in [6, 6.07) is 16.2. The van der Waals surface area contributed by atoms with Crippen LogP contribution in [0, 0.1) is 0 Å². The molecule has 5 nitrogen and oxygen atoms in total. The number of anilines is 1. The second-order valence-corrected chi connectivity index (χ2v) is 11.7. The summed E-state index contributed by atoms with van der Waals surface area (Å²) >= 11 is 26.2. The summed E-state index contributed by atoms with van der Waals surface area (Å²) in [6.07, 6.45) is 0. The quantitative estimate of drug-likeness (QED) is 0.266. The highest BCUT2D eigenvalue weighted by atomic mass is 35.5. The third-order valence-corrected chi connectivity index (χ3v) is 9.07. The van der Waals surface area contributed by atoms with E-state index >= 15 is 0 Å². The standard InChI is InChI=1S/C23H20Cl4N2O3S2/c24-16-7-6-15(18(25)12-16)14-33-11-10-28-21(30)13-29-19-8-9-20(23(27)22(19)26)34(31,32)17-4-2-1-3-5-17/h1-9,12,29H,10-11,13-14H2,(H,28,30). The minimum absolute atomic E-state index is 0.0295. The van der Waals surface area contributed by atoms with Crippen molar-refractivity contribution in [1.29, 1.82) is 0 Å². The summed E-state index contributed by atoms with van der Waals surface area (Å²) in [5.41, 5.74) is 1.34. The lowest BCUT2D eigenvalue weighted by Crippen LogP contribution is -2.31. The molecule has 0 aromatic heterocycles. The van der Waals surface area contributed by atoms with Crippen LogP contribution in [-0.4, -0.2) is 33.2 Å². The molecule has 0 radical (unpaired) electrons. The zero-order chi connectivity index (χ0) is 24.7. The van der Waals surface area contributed by atoms with Crippen LogP contribution in [0.25, 0.3) is 0 Å². The molecular weight excluding hydrogens is 558 g/mol. The molecule has 1 amide bonds. The second kappa shape index (κ2) is 12.4. The molecule has 2 N–H and O–H groups in total. The Kier molecular flexibility index (Phi) is 9.83. The van der Waals surface area contributed by atoms with Crippen LogP contribution in [0.3, 0.4) is 0 Å². The summed E-state index contributed by atoms with van der Waals surface area (Å²) in [7, 11) is -3.82. The Balaban J connectivity index is 1.49. The molecule has 180 valence electrons.